The molecule has 1 fully saturated rings. The Balaban J connectivity index is 2.27. The van der Waals surface area contributed by atoms with E-state index in [4.69, 9.17) is 22.9 Å². The lowest BCUT2D eigenvalue weighted by molar-refractivity contribution is -0.459. The molecule has 30 heteroatoms. The number of phenols is 1. The monoisotopic (exact) mass is 1080 g/mol. The number of phenolic OH excluding ortho intramolecular Hbond substituents is 1. The van der Waals surface area contributed by atoms with Gasteiger partial charge in [-0.25, -0.2) is 4.79 Å². The standard InChI is InChI=1S/C44H70N14O14S2/c1-73-17-13-25(45)36(64)53-26(5-3-15-50-44(48)49)38(66)55-29(19-23-7-9-24(60)10-8-23)37(65)51-21-35(63)52-27(11-12-33(46)61)39(67)57-31(22-59)42(70)58-16-4-6-32(58)41(69)56-30(20-34(47)62)40(68)54-28(43(71)72)14-18-74-2/h7-10,25-32,59-60H,3-6,11-22,45H2,1-2H3,(H2,46,61)(H2,47,62)(H,51,65)(H,52,63)(H,53,64)(H,54,68)(H,55,66)(H,56,69)(H,57,67)(H,71,72)(H4,48,49,50)/p+2/t25-,26-,27-,28-,29-,30-,31-,32-/m0/s1. The molecule has 412 valence electrons. The summed E-state index contributed by atoms with van der Waals surface area (Å²) in [6.07, 6.45) is 2.93. The highest BCUT2D eigenvalue weighted by Gasteiger charge is 2.40. The quantitative estimate of drug-likeness (QED) is 0.0173. The van der Waals surface area contributed by atoms with E-state index < -0.39 is 146 Å². The Hall–Kier alpha value is -6.92. The van der Waals surface area contributed by atoms with Gasteiger partial charge < -0.3 is 74.6 Å². The Morgan fingerprint density at radius 1 is 0.716 bits per heavy atom. The lowest BCUT2D eigenvalue weighted by Gasteiger charge is -2.30. The average Bonchev–Trinajstić information content (AvgIpc) is 3.85. The highest BCUT2D eigenvalue weighted by Crippen LogP contribution is 2.20. The van der Waals surface area contributed by atoms with Gasteiger partial charge in [-0.3, -0.25) is 64.4 Å². The molecule has 0 bridgehead atoms. The molecule has 22 N–H and O–H groups in total. The number of amides is 10. The second kappa shape index (κ2) is 33.0. The number of nitrogens with zero attached hydrogens (tertiary/aromatic N) is 1. The van der Waals surface area contributed by atoms with Gasteiger partial charge in [0.05, 0.1) is 26.1 Å². The Morgan fingerprint density at radius 2 is 1.30 bits per heavy atom. The van der Waals surface area contributed by atoms with Crippen LogP contribution >= 0.6 is 23.5 Å². The van der Waals surface area contributed by atoms with Crippen molar-refractivity contribution in [2.45, 2.75) is 113 Å². The number of thioether (sulfide) groups is 2. The minimum atomic E-state index is -1.73. The number of carbonyl (C=O) groups excluding carboxylic acids is 10. The number of primary amides is 2. The average molecular weight is 1090 g/mol. The summed E-state index contributed by atoms with van der Waals surface area (Å²) < 4.78 is 0. The minimum absolute atomic E-state index is 0.0281. The van der Waals surface area contributed by atoms with Crippen LogP contribution in [0.25, 0.3) is 0 Å². The number of carboxylic acid groups (broad SMARTS) is 1. The Bertz CT molecular complexity index is 2150. The molecule has 1 aromatic carbocycles. The molecule has 0 aromatic heterocycles. The summed E-state index contributed by atoms with van der Waals surface area (Å²) in [4.78, 5) is 148. The molecular weight excluding hydrogens is 1010 g/mol. The number of likely N-dealkylation sites (tertiary alicyclic amines) is 1. The van der Waals surface area contributed by atoms with Crippen molar-refractivity contribution in [3.63, 3.8) is 0 Å². The van der Waals surface area contributed by atoms with Crippen LogP contribution in [0.5, 0.6) is 5.75 Å². The van der Waals surface area contributed by atoms with Crippen LogP contribution in [0.3, 0.4) is 0 Å². The number of guanidine groups is 1. The van der Waals surface area contributed by atoms with Crippen LogP contribution in [0.1, 0.15) is 63.4 Å². The van der Waals surface area contributed by atoms with E-state index in [1.54, 1.807) is 6.26 Å². The van der Waals surface area contributed by atoms with Gasteiger partial charge in [-0.1, -0.05) is 12.1 Å². The summed E-state index contributed by atoms with van der Waals surface area (Å²) >= 11 is 2.84. The minimum Gasteiger partial charge on any atom is -0.508 e. The molecule has 0 saturated carbocycles. The van der Waals surface area contributed by atoms with Crippen LogP contribution in [0.15, 0.2) is 24.3 Å². The number of hydrogen-bond acceptors (Lipinski definition) is 15. The molecule has 10 amide bonds. The molecule has 1 saturated heterocycles. The van der Waals surface area contributed by atoms with Crippen molar-refractivity contribution in [2.24, 2.45) is 22.9 Å². The second-order valence-corrected chi connectivity index (χ2v) is 19.2. The summed E-state index contributed by atoms with van der Waals surface area (Å²) in [5.41, 5.74) is 26.0. The second-order valence-electron chi connectivity index (χ2n) is 17.2. The third-order valence-electron chi connectivity index (χ3n) is 11.3. The first-order valence-electron chi connectivity index (χ1n) is 23.5. The number of aliphatic hydroxyl groups is 1. The van der Waals surface area contributed by atoms with Gasteiger partial charge in [-0.2, -0.15) is 23.5 Å². The van der Waals surface area contributed by atoms with Crippen LogP contribution in [0.2, 0.25) is 0 Å². The predicted octanol–water partition coefficient (Wildman–Crippen LogP) is -8.58. The zero-order valence-electron chi connectivity index (χ0n) is 41.4. The zero-order valence-corrected chi connectivity index (χ0v) is 43.0. The van der Waals surface area contributed by atoms with E-state index in [-0.39, 0.29) is 56.9 Å². The molecule has 0 radical (unpaired) electrons. The smallest absolute Gasteiger partial charge is 0.338 e. The van der Waals surface area contributed by atoms with Crippen LogP contribution in [-0.2, 0) is 59.2 Å². The maximum absolute atomic E-state index is 13.8. The van der Waals surface area contributed by atoms with Gasteiger partial charge in [0.25, 0.3) is 5.91 Å². The predicted molar refractivity (Wildman–Crippen MR) is 269 cm³/mol. The number of carbonyl (C=O) groups is 11. The molecule has 0 unspecified atom stereocenters. The summed E-state index contributed by atoms with van der Waals surface area (Å²) in [7, 11) is 0. The molecule has 2 rings (SSSR count). The van der Waals surface area contributed by atoms with Gasteiger partial charge in [-0.05, 0) is 80.2 Å². The summed E-state index contributed by atoms with van der Waals surface area (Å²) in [6, 6.07) is -5.16. The normalized spacial score (nSPS) is 15.8. The van der Waals surface area contributed by atoms with Gasteiger partial charge in [0.1, 0.15) is 48.0 Å². The maximum Gasteiger partial charge on any atom is 0.338 e. The van der Waals surface area contributed by atoms with Crippen molar-refractivity contribution in [3.05, 3.63) is 29.8 Å². The third kappa shape index (κ3) is 22.9. The zero-order chi connectivity index (χ0) is 55.5. The first-order valence-corrected chi connectivity index (χ1v) is 26.3. The van der Waals surface area contributed by atoms with E-state index in [1.165, 1.54) is 47.8 Å². The Kier molecular flexibility index (Phi) is 28.2. The third-order valence-corrected chi connectivity index (χ3v) is 12.6. The number of nitrogens with two attached hydrogens (primary N) is 4. The number of benzene rings is 1. The van der Waals surface area contributed by atoms with Crippen LogP contribution in [0, 0.1) is 0 Å². The fourth-order valence-electron chi connectivity index (χ4n) is 7.33. The van der Waals surface area contributed by atoms with E-state index in [9.17, 15) is 68.1 Å². The summed E-state index contributed by atoms with van der Waals surface area (Å²) in [5.74, 6) is -9.52. The molecular formula is C44H72N14O14S2+2. The van der Waals surface area contributed by atoms with E-state index >= 15 is 0 Å². The largest absolute Gasteiger partial charge is 0.508 e. The number of aliphatic carboxylic acids is 1. The van der Waals surface area contributed by atoms with E-state index in [1.807, 2.05) is 6.26 Å². The van der Waals surface area contributed by atoms with E-state index in [0.29, 0.717) is 29.9 Å². The number of aliphatic hydroxyl groups excluding tert-OH is 1. The van der Waals surface area contributed by atoms with Gasteiger partial charge in [0, 0.05) is 25.8 Å². The van der Waals surface area contributed by atoms with Crippen LogP contribution in [0.4, 0.5) is 0 Å². The van der Waals surface area contributed by atoms with Crippen molar-refractivity contribution < 1.29 is 78.8 Å². The van der Waals surface area contributed by atoms with Gasteiger partial charge in [-0.15, -0.1) is 0 Å². The highest BCUT2D eigenvalue weighted by atomic mass is 32.2. The van der Waals surface area contributed by atoms with Crippen molar-refractivity contribution >= 4 is 94.5 Å². The lowest BCUT2D eigenvalue weighted by atomic mass is 10.0. The van der Waals surface area contributed by atoms with Crippen LogP contribution in [-0.4, -0.2) is 190 Å². The fourth-order valence-corrected chi connectivity index (χ4v) is 8.33. The lowest BCUT2D eigenvalue weighted by Crippen LogP contribution is -2.78. The maximum atomic E-state index is 13.8. The molecule has 1 aliphatic heterocycles. The van der Waals surface area contributed by atoms with Crippen molar-refractivity contribution in [1.29, 1.82) is 0 Å². The first-order chi connectivity index (χ1) is 35.0. The number of hydrogen-bond donors (Lipinski definition) is 16. The van der Waals surface area contributed by atoms with Crippen molar-refractivity contribution in [3.8, 4) is 5.75 Å². The Morgan fingerprint density at radius 3 is 1.88 bits per heavy atom. The molecule has 0 spiro atoms. The summed E-state index contributed by atoms with van der Waals surface area (Å²) in [5, 5.41) is 46.7. The molecule has 74 heavy (non-hydrogen) atoms. The SMILES string of the molecule is CSCC[C@H](NC(=O)[C@H](CC(N)=O)NC(=O)[C@@H]1CCCN1C(=O)[C@H](CO)NC(=O)[C@H](CCC(N)=O)NC(=O)CNC(=O)[C@H](Cc1ccc(O)cc1)NC(=O)[C@H](CCC[NH+]=C(N)N)NC(=O)[C@@H]([NH3+])CCSC)C(=O)O. The topological polar surface area (TPSA) is 482 Å². The first kappa shape index (κ1) is 63.2. The number of quaternary nitrogens is 1. The van der Waals surface area contributed by atoms with E-state index in [0.717, 1.165) is 4.90 Å². The van der Waals surface area contributed by atoms with Gasteiger partial charge >= 0.3 is 11.9 Å². The highest BCUT2D eigenvalue weighted by molar-refractivity contribution is 7.98. The van der Waals surface area contributed by atoms with Gasteiger partial charge in [0.2, 0.25) is 53.2 Å². The Labute approximate surface area is 435 Å². The van der Waals surface area contributed by atoms with Crippen molar-refractivity contribution in [1.82, 2.24) is 42.1 Å². The molecule has 1 aliphatic rings. The molecule has 0 aliphatic carbocycles. The number of carboxylic acids is 1. The van der Waals surface area contributed by atoms with Crippen molar-refractivity contribution in [2.75, 3.05) is 50.3 Å². The summed E-state index contributed by atoms with van der Waals surface area (Å²) in [6.45, 7) is -1.65. The molecule has 8 atom stereocenters. The fraction of sp³-hybridized carbons (Fsp3) is 0.591. The van der Waals surface area contributed by atoms with E-state index in [2.05, 4.69) is 47.9 Å². The number of aromatic hydroxyl groups is 1. The van der Waals surface area contributed by atoms with Gasteiger partial charge in [0.15, 0.2) is 6.04 Å². The number of rotatable bonds is 34. The van der Waals surface area contributed by atoms with Crippen LogP contribution < -0.4 is 70.9 Å². The number of nitrogens with one attached hydrogen (secondary N) is 8. The molecule has 1 aromatic rings. The molecule has 28 nitrogen and oxygen atoms in total. The molecule has 1 heterocycles.